The molecule has 1 aromatic rings. The number of nitrogens with two attached hydrogens (primary N) is 1. The molecule has 1 fully saturated rings. The van der Waals surface area contributed by atoms with Crippen LogP contribution in [0.3, 0.4) is 0 Å². The van der Waals surface area contributed by atoms with Crippen LogP contribution in [0.1, 0.15) is 38.5 Å². The van der Waals surface area contributed by atoms with Crippen molar-refractivity contribution in [3.05, 3.63) is 22.6 Å². The molecular weight excluding hydrogens is 280 g/mol. The summed E-state index contributed by atoms with van der Waals surface area (Å²) in [6, 6.07) is 4.90. The van der Waals surface area contributed by atoms with Gasteiger partial charge in [0.1, 0.15) is 5.76 Å². The summed E-state index contributed by atoms with van der Waals surface area (Å²) in [6.07, 6.45) is 2.43. The third kappa shape index (κ3) is 2.75. The summed E-state index contributed by atoms with van der Waals surface area (Å²) in [4.78, 5) is 2.51. The van der Waals surface area contributed by atoms with Crippen LogP contribution in [0, 0.1) is 5.92 Å². The number of piperidine rings is 1. The summed E-state index contributed by atoms with van der Waals surface area (Å²) in [6.45, 7) is 6.34. The van der Waals surface area contributed by atoms with Crippen LogP contribution in [0.4, 0.5) is 0 Å². The number of halogens is 1. The van der Waals surface area contributed by atoms with Crippen molar-refractivity contribution < 1.29 is 4.42 Å². The minimum atomic E-state index is 0.333. The largest absolute Gasteiger partial charge is 0.453 e. The summed E-state index contributed by atoms with van der Waals surface area (Å²) in [5.41, 5.74) is 5.92. The Balaban J connectivity index is 2.28. The van der Waals surface area contributed by atoms with Gasteiger partial charge in [-0.25, -0.2) is 0 Å². The van der Waals surface area contributed by atoms with Gasteiger partial charge in [0.25, 0.3) is 0 Å². The normalized spacial score (nSPS) is 26.6. The van der Waals surface area contributed by atoms with Crippen LogP contribution in [0.2, 0.25) is 0 Å². The van der Waals surface area contributed by atoms with Crippen molar-refractivity contribution in [2.24, 2.45) is 11.7 Å². The molecule has 2 atom stereocenters. The Hall–Kier alpha value is -0.320. The van der Waals surface area contributed by atoms with Crippen LogP contribution in [0.15, 0.2) is 21.2 Å². The quantitative estimate of drug-likeness (QED) is 0.932. The monoisotopic (exact) mass is 300 g/mol. The second-order valence-electron chi connectivity index (χ2n) is 5.06. The molecule has 1 aliphatic heterocycles. The summed E-state index contributed by atoms with van der Waals surface area (Å²) >= 11 is 3.38. The van der Waals surface area contributed by atoms with Gasteiger partial charge in [0.15, 0.2) is 4.67 Å². The van der Waals surface area contributed by atoms with Crippen LogP contribution in [-0.4, -0.2) is 24.0 Å². The first kappa shape index (κ1) is 13.1. The molecule has 0 spiro atoms. The highest BCUT2D eigenvalue weighted by molar-refractivity contribution is 9.10. The van der Waals surface area contributed by atoms with Gasteiger partial charge in [0.05, 0.1) is 6.04 Å². The van der Waals surface area contributed by atoms with Gasteiger partial charge in [0, 0.05) is 6.04 Å². The predicted octanol–water partition coefficient (Wildman–Crippen LogP) is 3.16. The van der Waals surface area contributed by atoms with Gasteiger partial charge in [0.2, 0.25) is 0 Å². The molecule has 17 heavy (non-hydrogen) atoms. The standard InChI is InChI=1S/C13H21BrN2O/c1-9(2)16-7-3-4-10(8-15)13(16)11-5-6-12(14)17-11/h5-6,9-10,13H,3-4,7-8,15H2,1-2H3. The van der Waals surface area contributed by atoms with E-state index in [0.717, 1.165) is 23.5 Å². The summed E-state index contributed by atoms with van der Waals surface area (Å²) < 4.78 is 6.56. The van der Waals surface area contributed by atoms with Crippen LogP contribution >= 0.6 is 15.9 Å². The van der Waals surface area contributed by atoms with E-state index in [4.69, 9.17) is 10.2 Å². The van der Waals surface area contributed by atoms with E-state index in [1.54, 1.807) is 0 Å². The Morgan fingerprint density at radius 1 is 1.53 bits per heavy atom. The molecule has 0 bridgehead atoms. The molecule has 2 N–H and O–H groups in total. The molecule has 4 heteroatoms. The summed E-state index contributed by atoms with van der Waals surface area (Å²) in [5.74, 6) is 1.55. The molecule has 0 amide bonds. The second kappa shape index (κ2) is 5.55. The van der Waals surface area contributed by atoms with Crippen LogP contribution < -0.4 is 5.73 Å². The molecule has 0 aliphatic carbocycles. The third-order valence-corrected chi connectivity index (χ3v) is 4.07. The van der Waals surface area contributed by atoms with Crippen LogP contribution in [0.5, 0.6) is 0 Å². The van der Waals surface area contributed by atoms with Gasteiger partial charge in [-0.1, -0.05) is 0 Å². The minimum absolute atomic E-state index is 0.333. The van der Waals surface area contributed by atoms with Crippen LogP contribution in [0.25, 0.3) is 0 Å². The topological polar surface area (TPSA) is 42.4 Å². The fourth-order valence-electron chi connectivity index (χ4n) is 2.81. The van der Waals surface area contributed by atoms with Crippen molar-refractivity contribution >= 4 is 15.9 Å². The fourth-order valence-corrected chi connectivity index (χ4v) is 3.13. The molecule has 96 valence electrons. The van der Waals surface area contributed by atoms with Gasteiger partial charge in [-0.2, -0.15) is 0 Å². The predicted molar refractivity (Wildman–Crippen MR) is 72.8 cm³/mol. The Bertz CT molecular complexity index is 364. The van der Waals surface area contributed by atoms with Crippen molar-refractivity contribution in [3.8, 4) is 0 Å². The highest BCUT2D eigenvalue weighted by Gasteiger charge is 2.35. The molecule has 2 unspecified atom stereocenters. The molecule has 0 aromatic carbocycles. The molecular formula is C13H21BrN2O. The highest BCUT2D eigenvalue weighted by atomic mass is 79.9. The lowest BCUT2D eigenvalue weighted by molar-refractivity contribution is 0.0518. The SMILES string of the molecule is CC(C)N1CCCC(CN)C1c1ccc(Br)o1. The number of rotatable bonds is 3. The first-order valence-electron chi connectivity index (χ1n) is 6.34. The molecule has 3 nitrogen and oxygen atoms in total. The minimum Gasteiger partial charge on any atom is -0.453 e. The van der Waals surface area contributed by atoms with Gasteiger partial charge < -0.3 is 10.2 Å². The average molecular weight is 301 g/mol. The molecule has 1 aromatic heterocycles. The average Bonchev–Trinajstić information content (AvgIpc) is 2.74. The van der Waals surface area contributed by atoms with Gasteiger partial charge >= 0.3 is 0 Å². The van der Waals surface area contributed by atoms with Crippen molar-refractivity contribution in [2.75, 3.05) is 13.1 Å². The van der Waals surface area contributed by atoms with Crippen molar-refractivity contribution in [1.29, 1.82) is 0 Å². The first-order valence-corrected chi connectivity index (χ1v) is 7.13. The van der Waals surface area contributed by atoms with E-state index in [-0.39, 0.29) is 0 Å². The lowest BCUT2D eigenvalue weighted by Crippen LogP contribution is -2.44. The Kier molecular flexibility index (Phi) is 4.28. The van der Waals surface area contributed by atoms with E-state index in [0.29, 0.717) is 18.0 Å². The highest BCUT2D eigenvalue weighted by Crippen LogP contribution is 2.38. The lowest BCUT2D eigenvalue weighted by Gasteiger charge is -2.42. The maximum atomic E-state index is 5.92. The third-order valence-electron chi connectivity index (χ3n) is 3.65. The van der Waals surface area contributed by atoms with E-state index in [9.17, 15) is 0 Å². The van der Waals surface area contributed by atoms with E-state index in [2.05, 4.69) is 40.7 Å². The number of furan rings is 1. The van der Waals surface area contributed by atoms with Gasteiger partial charge in [-0.3, -0.25) is 4.90 Å². The lowest BCUT2D eigenvalue weighted by atomic mass is 9.86. The maximum absolute atomic E-state index is 5.92. The van der Waals surface area contributed by atoms with Crippen LogP contribution in [-0.2, 0) is 0 Å². The molecule has 2 heterocycles. The Morgan fingerprint density at radius 3 is 2.82 bits per heavy atom. The van der Waals surface area contributed by atoms with Gasteiger partial charge in [-0.05, 0) is 73.8 Å². The van der Waals surface area contributed by atoms with Crippen molar-refractivity contribution in [2.45, 2.75) is 38.8 Å². The number of hydrogen-bond donors (Lipinski definition) is 1. The van der Waals surface area contributed by atoms with Crippen molar-refractivity contribution in [3.63, 3.8) is 0 Å². The second-order valence-corrected chi connectivity index (χ2v) is 5.84. The Morgan fingerprint density at radius 2 is 2.29 bits per heavy atom. The summed E-state index contributed by atoms with van der Waals surface area (Å²) in [7, 11) is 0. The zero-order valence-electron chi connectivity index (χ0n) is 10.5. The smallest absolute Gasteiger partial charge is 0.169 e. The maximum Gasteiger partial charge on any atom is 0.169 e. The molecule has 0 saturated carbocycles. The summed E-state index contributed by atoms with van der Waals surface area (Å²) in [5, 5.41) is 0. The van der Waals surface area contributed by atoms with E-state index >= 15 is 0 Å². The first-order chi connectivity index (χ1) is 8.13. The van der Waals surface area contributed by atoms with E-state index < -0.39 is 0 Å². The van der Waals surface area contributed by atoms with E-state index in [1.807, 2.05) is 6.07 Å². The fraction of sp³-hybridized carbons (Fsp3) is 0.692. The van der Waals surface area contributed by atoms with Crippen molar-refractivity contribution in [1.82, 2.24) is 4.90 Å². The molecule has 1 saturated heterocycles. The van der Waals surface area contributed by atoms with E-state index in [1.165, 1.54) is 12.8 Å². The van der Waals surface area contributed by atoms with Gasteiger partial charge in [-0.15, -0.1) is 0 Å². The number of likely N-dealkylation sites (tertiary alicyclic amines) is 1. The number of nitrogens with zero attached hydrogens (tertiary/aromatic N) is 1. The number of hydrogen-bond acceptors (Lipinski definition) is 3. The molecule has 0 radical (unpaired) electrons. The zero-order valence-corrected chi connectivity index (χ0v) is 12.1. The molecule has 2 rings (SSSR count). The Labute approximate surface area is 111 Å². The molecule has 1 aliphatic rings. The zero-order chi connectivity index (χ0) is 12.4.